The van der Waals surface area contributed by atoms with Gasteiger partial charge in [-0.05, 0) is 35.4 Å². The summed E-state index contributed by atoms with van der Waals surface area (Å²) in [5.74, 6) is 0.781. The average Bonchev–Trinajstić information content (AvgIpc) is 3.02. The molecule has 1 aromatic carbocycles. The molecule has 4 heteroatoms. The van der Waals surface area contributed by atoms with Gasteiger partial charge in [0.1, 0.15) is 0 Å². The molecule has 1 aliphatic heterocycles. The fraction of sp³-hybridized carbons (Fsp3) is 0.400. The summed E-state index contributed by atoms with van der Waals surface area (Å²) in [5, 5.41) is 2.16. The Hall–Kier alpha value is -1.29. The minimum atomic E-state index is 0.297. The van der Waals surface area contributed by atoms with Gasteiger partial charge in [0, 0.05) is 36.6 Å². The highest BCUT2D eigenvalue weighted by Gasteiger charge is 2.28. The van der Waals surface area contributed by atoms with E-state index in [4.69, 9.17) is 0 Å². The van der Waals surface area contributed by atoms with Gasteiger partial charge in [0.15, 0.2) is 0 Å². The zero-order valence-corrected chi connectivity index (χ0v) is 12.3. The van der Waals surface area contributed by atoms with Crippen molar-refractivity contribution in [3.63, 3.8) is 0 Å². The number of alkyl halides is 1. The molecule has 1 saturated heterocycles. The second-order valence-corrected chi connectivity index (χ2v) is 5.86. The number of likely N-dealkylation sites (tertiary alicyclic amines) is 1. The van der Waals surface area contributed by atoms with Gasteiger partial charge >= 0.3 is 0 Å². The summed E-state index contributed by atoms with van der Waals surface area (Å²) in [7, 11) is 0. The Morgan fingerprint density at radius 3 is 3.05 bits per heavy atom. The van der Waals surface area contributed by atoms with Gasteiger partial charge in [0.05, 0.1) is 0 Å². The van der Waals surface area contributed by atoms with Gasteiger partial charge in [0.2, 0.25) is 5.91 Å². The maximum Gasteiger partial charge on any atom is 0.222 e. The van der Waals surface area contributed by atoms with E-state index in [-0.39, 0.29) is 0 Å². The van der Waals surface area contributed by atoms with E-state index in [1.165, 1.54) is 16.5 Å². The first-order valence-electron chi connectivity index (χ1n) is 6.66. The number of hydrogen-bond donors (Lipinski definition) is 1. The number of benzene rings is 1. The van der Waals surface area contributed by atoms with E-state index in [1.807, 2.05) is 11.1 Å². The lowest BCUT2D eigenvalue weighted by atomic mass is 10.1. The molecule has 1 aliphatic rings. The highest BCUT2D eigenvalue weighted by Crippen LogP contribution is 2.20. The third-order valence-corrected chi connectivity index (χ3v) is 4.72. The van der Waals surface area contributed by atoms with Gasteiger partial charge in [0.25, 0.3) is 0 Å². The number of nitrogens with zero attached hydrogens (tertiary/aromatic N) is 1. The highest BCUT2D eigenvalue weighted by molar-refractivity contribution is 9.09. The lowest BCUT2D eigenvalue weighted by molar-refractivity contribution is -0.127. The quantitative estimate of drug-likeness (QED) is 0.864. The molecule has 0 aliphatic carbocycles. The molecular weight excluding hydrogens is 304 g/mol. The summed E-state index contributed by atoms with van der Waals surface area (Å²) in [6, 6.07) is 8.54. The molecule has 1 atom stereocenters. The Bertz CT molecular complexity index is 593. The van der Waals surface area contributed by atoms with Crippen molar-refractivity contribution in [2.45, 2.75) is 12.8 Å². The maximum absolute atomic E-state index is 11.8. The van der Waals surface area contributed by atoms with Crippen LogP contribution in [0, 0.1) is 5.92 Å². The first-order valence-corrected chi connectivity index (χ1v) is 7.78. The van der Waals surface area contributed by atoms with Crippen LogP contribution in [0.3, 0.4) is 0 Å². The Kier molecular flexibility index (Phi) is 3.60. The van der Waals surface area contributed by atoms with Crippen LogP contribution < -0.4 is 0 Å². The molecule has 0 saturated carbocycles. The van der Waals surface area contributed by atoms with E-state index in [9.17, 15) is 4.79 Å². The Balaban J connectivity index is 1.64. The van der Waals surface area contributed by atoms with Gasteiger partial charge in [-0.1, -0.05) is 28.1 Å². The van der Waals surface area contributed by atoms with E-state index < -0.39 is 0 Å². The maximum atomic E-state index is 11.8. The average molecular weight is 321 g/mol. The normalized spacial score (nSPS) is 19.5. The smallest absolute Gasteiger partial charge is 0.222 e. The number of fused-ring (bicyclic) bond motifs is 1. The van der Waals surface area contributed by atoms with Gasteiger partial charge in [-0.15, -0.1) is 0 Å². The molecule has 3 rings (SSSR count). The number of hydrogen-bond acceptors (Lipinski definition) is 1. The summed E-state index contributed by atoms with van der Waals surface area (Å²) in [4.78, 5) is 17.1. The van der Waals surface area contributed by atoms with E-state index in [0.29, 0.717) is 18.2 Å². The molecular formula is C15H17BrN2O. The van der Waals surface area contributed by atoms with Crippen molar-refractivity contribution in [3.8, 4) is 0 Å². The summed E-state index contributed by atoms with van der Waals surface area (Å²) >= 11 is 3.47. The van der Waals surface area contributed by atoms with Crippen LogP contribution in [-0.2, 0) is 11.2 Å². The second-order valence-electron chi connectivity index (χ2n) is 5.21. The predicted molar refractivity (Wildman–Crippen MR) is 80.5 cm³/mol. The third kappa shape index (κ3) is 2.68. The summed E-state index contributed by atoms with van der Waals surface area (Å²) in [6.07, 6.45) is 3.58. The highest BCUT2D eigenvalue weighted by atomic mass is 79.9. The van der Waals surface area contributed by atoms with E-state index in [1.54, 1.807) is 0 Å². The Morgan fingerprint density at radius 1 is 1.37 bits per heavy atom. The number of carbonyl (C=O) groups excluding carboxylic acids is 1. The molecule has 3 nitrogen and oxygen atoms in total. The lowest BCUT2D eigenvalue weighted by Gasteiger charge is -2.16. The number of aromatic amines is 1. The summed E-state index contributed by atoms with van der Waals surface area (Å²) in [5.41, 5.74) is 2.45. The number of halogens is 1. The van der Waals surface area contributed by atoms with Crippen LogP contribution in [0.5, 0.6) is 0 Å². The van der Waals surface area contributed by atoms with Crippen LogP contribution in [0.15, 0.2) is 30.5 Å². The molecule has 1 amide bonds. The minimum Gasteiger partial charge on any atom is -0.361 e. The number of H-pyrrole nitrogens is 1. The standard InChI is InChI=1S/C15H17BrN2O/c16-9-12-8-15(19)18(10-12)6-4-11-1-2-13-3-5-17-14(13)7-11/h1-3,5,7,12,17H,4,6,8-10H2. The van der Waals surface area contributed by atoms with Crippen LogP contribution in [0.4, 0.5) is 0 Å². The first kappa shape index (κ1) is 12.7. The van der Waals surface area contributed by atoms with E-state index in [0.717, 1.165) is 24.8 Å². The number of carbonyl (C=O) groups is 1. The SMILES string of the molecule is O=C1CC(CBr)CN1CCc1ccc2cc[nH]c2c1. The molecule has 0 radical (unpaired) electrons. The first-order chi connectivity index (χ1) is 9.26. The molecule has 100 valence electrons. The van der Waals surface area contributed by atoms with Crippen LogP contribution in [0.2, 0.25) is 0 Å². The number of amides is 1. The van der Waals surface area contributed by atoms with Crippen molar-refractivity contribution in [1.29, 1.82) is 0 Å². The Labute approximate surface area is 121 Å². The van der Waals surface area contributed by atoms with Gasteiger partial charge in [-0.2, -0.15) is 0 Å². The van der Waals surface area contributed by atoms with Crippen molar-refractivity contribution in [2.24, 2.45) is 5.92 Å². The van der Waals surface area contributed by atoms with Crippen molar-refractivity contribution >= 4 is 32.7 Å². The molecule has 0 bridgehead atoms. The third-order valence-electron chi connectivity index (χ3n) is 3.80. The molecule has 0 spiro atoms. The largest absolute Gasteiger partial charge is 0.361 e. The molecule has 19 heavy (non-hydrogen) atoms. The monoisotopic (exact) mass is 320 g/mol. The molecule has 2 heterocycles. The predicted octanol–water partition coefficient (Wildman–Crippen LogP) is 2.95. The van der Waals surface area contributed by atoms with E-state index in [2.05, 4.69) is 45.2 Å². The van der Waals surface area contributed by atoms with Gasteiger partial charge in [-0.25, -0.2) is 0 Å². The molecule has 1 N–H and O–H groups in total. The molecule has 1 unspecified atom stereocenters. The van der Waals surface area contributed by atoms with Crippen molar-refractivity contribution in [1.82, 2.24) is 9.88 Å². The zero-order chi connectivity index (χ0) is 13.2. The van der Waals surface area contributed by atoms with Gasteiger partial charge in [-0.3, -0.25) is 4.79 Å². The van der Waals surface area contributed by atoms with Crippen molar-refractivity contribution < 1.29 is 4.79 Å². The number of aromatic nitrogens is 1. The molecule has 1 fully saturated rings. The lowest BCUT2D eigenvalue weighted by Crippen LogP contribution is -2.27. The van der Waals surface area contributed by atoms with Crippen LogP contribution in [-0.4, -0.2) is 34.2 Å². The van der Waals surface area contributed by atoms with Crippen LogP contribution in [0.25, 0.3) is 10.9 Å². The fourth-order valence-electron chi connectivity index (χ4n) is 2.69. The molecule has 2 aromatic rings. The summed E-state index contributed by atoms with van der Waals surface area (Å²) < 4.78 is 0. The van der Waals surface area contributed by atoms with Gasteiger partial charge < -0.3 is 9.88 Å². The minimum absolute atomic E-state index is 0.297. The topological polar surface area (TPSA) is 36.1 Å². The zero-order valence-electron chi connectivity index (χ0n) is 10.7. The van der Waals surface area contributed by atoms with Crippen molar-refractivity contribution in [3.05, 3.63) is 36.0 Å². The second kappa shape index (κ2) is 5.37. The summed E-state index contributed by atoms with van der Waals surface area (Å²) in [6.45, 7) is 1.73. The number of rotatable bonds is 4. The van der Waals surface area contributed by atoms with Crippen molar-refractivity contribution in [2.75, 3.05) is 18.4 Å². The molecule has 1 aromatic heterocycles. The van der Waals surface area contributed by atoms with E-state index >= 15 is 0 Å². The Morgan fingerprint density at radius 2 is 2.26 bits per heavy atom. The number of nitrogens with one attached hydrogen (secondary N) is 1. The van der Waals surface area contributed by atoms with Crippen LogP contribution >= 0.6 is 15.9 Å². The fourth-order valence-corrected chi connectivity index (χ4v) is 3.12. The van der Waals surface area contributed by atoms with Crippen LogP contribution in [0.1, 0.15) is 12.0 Å².